The Balaban J connectivity index is 1.94. The first-order valence-electron chi connectivity index (χ1n) is 7.13. The van der Waals surface area contributed by atoms with Gasteiger partial charge in [0, 0.05) is 19.5 Å². The lowest BCUT2D eigenvalue weighted by Crippen LogP contribution is -2.38. The SMILES string of the molecule is COc1c([C@H]2CCCN2[C@@H]2CCOC2=O)c(C)nn1C. The van der Waals surface area contributed by atoms with Crippen molar-refractivity contribution in [2.75, 3.05) is 20.3 Å². The van der Waals surface area contributed by atoms with E-state index in [1.165, 1.54) is 0 Å². The van der Waals surface area contributed by atoms with E-state index in [1.54, 1.807) is 11.8 Å². The Hall–Kier alpha value is -1.56. The van der Waals surface area contributed by atoms with Crippen LogP contribution in [0.3, 0.4) is 0 Å². The van der Waals surface area contributed by atoms with Crippen LogP contribution >= 0.6 is 0 Å². The molecule has 1 aromatic rings. The standard InChI is InChI=1S/C14H21N3O3/c1-9-12(13(19-3)16(2)15-9)10-5-4-7-17(10)11-6-8-20-14(11)18/h10-11H,4-8H2,1-3H3/t10-,11-/m1/s1. The van der Waals surface area contributed by atoms with Gasteiger partial charge in [0.1, 0.15) is 6.04 Å². The van der Waals surface area contributed by atoms with E-state index < -0.39 is 0 Å². The number of ether oxygens (including phenoxy) is 2. The molecular formula is C14H21N3O3. The number of carbonyl (C=O) groups excluding carboxylic acids is 1. The molecule has 1 aromatic heterocycles. The zero-order valence-corrected chi connectivity index (χ0v) is 12.3. The third-order valence-corrected chi connectivity index (χ3v) is 4.34. The molecule has 2 saturated heterocycles. The molecule has 3 heterocycles. The number of methoxy groups -OCH3 is 1. The summed E-state index contributed by atoms with van der Waals surface area (Å²) in [4.78, 5) is 14.1. The zero-order chi connectivity index (χ0) is 14.3. The second-order valence-electron chi connectivity index (χ2n) is 5.50. The van der Waals surface area contributed by atoms with Gasteiger partial charge in [0.2, 0.25) is 5.88 Å². The minimum atomic E-state index is -0.105. The molecule has 0 radical (unpaired) electrons. The van der Waals surface area contributed by atoms with Crippen molar-refractivity contribution in [1.29, 1.82) is 0 Å². The average Bonchev–Trinajstić information content (AvgIpc) is 3.08. The first-order chi connectivity index (χ1) is 9.63. The smallest absolute Gasteiger partial charge is 0.323 e. The Kier molecular flexibility index (Phi) is 3.41. The van der Waals surface area contributed by atoms with Crippen LogP contribution in [-0.4, -0.2) is 47.0 Å². The Morgan fingerprint density at radius 3 is 2.80 bits per heavy atom. The Morgan fingerprint density at radius 1 is 1.35 bits per heavy atom. The van der Waals surface area contributed by atoms with Crippen LogP contribution in [0.5, 0.6) is 5.88 Å². The van der Waals surface area contributed by atoms with Crippen LogP contribution < -0.4 is 4.74 Å². The van der Waals surface area contributed by atoms with E-state index in [4.69, 9.17) is 9.47 Å². The van der Waals surface area contributed by atoms with Crippen molar-refractivity contribution in [2.24, 2.45) is 7.05 Å². The van der Waals surface area contributed by atoms with Crippen LogP contribution in [0.1, 0.15) is 36.6 Å². The van der Waals surface area contributed by atoms with Crippen molar-refractivity contribution in [2.45, 2.75) is 38.3 Å². The number of cyclic esters (lactones) is 1. The van der Waals surface area contributed by atoms with E-state index in [2.05, 4.69) is 10.00 Å². The highest BCUT2D eigenvalue weighted by Gasteiger charge is 2.41. The van der Waals surface area contributed by atoms with Gasteiger partial charge in [-0.25, -0.2) is 4.68 Å². The number of esters is 1. The molecule has 0 amide bonds. The van der Waals surface area contributed by atoms with E-state index in [0.717, 1.165) is 42.9 Å². The number of likely N-dealkylation sites (tertiary alicyclic amines) is 1. The van der Waals surface area contributed by atoms with Gasteiger partial charge in [0.05, 0.1) is 25.0 Å². The fraction of sp³-hybridized carbons (Fsp3) is 0.714. The maximum atomic E-state index is 11.9. The van der Waals surface area contributed by atoms with Crippen molar-refractivity contribution in [3.05, 3.63) is 11.3 Å². The molecule has 2 fully saturated rings. The summed E-state index contributed by atoms with van der Waals surface area (Å²) in [6.45, 7) is 3.47. The van der Waals surface area contributed by atoms with Crippen molar-refractivity contribution in [3.8, 4) is 5.88 Å². The maximum Gasteiger partial charge on any atom is 0.323 e. The Bertz CT molecular complexity index is 526. The van der Waals surface area contributed by atoms with Crippen molar-refractivity contribution in [3.63, 3.8) is 0 Å². The van der Waals surface area contributed by atoms with Crippen LogP contribution in [0.4, 0.5) is 0 Å². The highest BCUT2D eigenvalue weighted by Crippen LogP contribution is 2.41. The number of aryl methyl sites for hydroxylation is 2. The first kappa shape index (κ1) is 13.4. The Labute approximate surface area is 118 Å². The lowest BCUT2D eigenvalue weighted by molar-refractivity contribution is -0.142. The molecule has 0 spiro atoms. The highest BCUT2D eigenvalue weighted by molar-refractivity contribution is 5.77. The summed E-state index contributed by atoms with van der Waals surface area (Å²) in [6, 6.07) is 0.0983. The largest absolute Gasteiger partial charge is 0.481 e. The molecule has 6 heteroatoms. The molecule has 0 N–H and O–H groups in total. The predicted molar refractivity (Wildman–Crippen MR) is 72.5 cm³/mol. The summed E-state index contributed by atoms with van der Waals surface area (Å²) in [5.41, 5.74) is 2.10. The molecule has 0 aromatic carbocycles. The van der Waals surface area contributed by atoms with Gasteiger partial charge in [-0.05, 0) is 26.3 Å². The summed E-state index contributed by atoms with van der Waals surface area (Å²) >= 11 is 0. The lowest BCUT2D eigenvalue weighted by Gasteiger charge is -2.28. The fourth-order valence-electron chi connectivity index (χ4n) is 3.54. The predicted octanol–water partition coefficient (Wildman–Crippen LogP) is 1.19. The van der Waals surface area contributed by atoms with Gasteiger partial charge in [-0.2, -0.15) is 5.10 Å². The van der Waals surface area contributed by atoms with E-state index in [-0.39, 0.29) is 18.1 Å². The molecule has 20 heavy (non-hydrogen) atoms. The third kappa shape index (κ3) is 1.98. The van der Waals surface area contributed by atoms with Crippen LogP contribution in [-0.2, 0) is 16.6 Å². The monoisotopic (exact) mass is 279 g/mol. The molecule has 2 atom stereocenters. The Morgan fingerprint density at radius 2 is 2.15 bits per heavy atom. The van der Waals surface area contributed by atoms with E-state index in [1.807, 2.05) is 14.0 Å². The molecule has 0 unspecified atom stereocenters. The van der Waals surface area contributed by atoms with Gasteiger partial charge in [-0.1, -0.05) is 0 Å². The van der Waals surface area contributed by atoms with Crippen molar-refractivity contribution in [1.82, 2.24) is 14.7 Å². The van der Waals surface area contributed by atoms with Gasteiger partial charge < -0.3 is 9.47 Å². The molecule has 0 bridgehead atoms. The third-order valence-electron chi connectivity index (χ3n) is 4.34. The van der Waals surface area contributed by atoms with Crippen molar-refractivity contribution >= 4 is 5.97 Å². The van der Waals surface area contributed by atoms with Crippen LogP contribution in [0, 0.1) is 6.92 Å². The molecular weight excluding hydrogens is 258 g/mol. The number of carbonyl (C=O) groups is 1. The number of hydrogen-bond acceptors (Lipinski definition) is 5. The summed E-state index contributed by atoms with van der Waals surface area (Å²) in [6.07, 6.45) is 2.91. The molecule has 2 aliphatic rings. The summed E-state index contributed by atoms with van der Waals surface area (Å²) in [5, 5.41) is 4.46. The maximum absolute atomic E-state index is 11.9. The van der Waals surface area contributed by atoms with Gasteiger partial charge in [0.25, 0.3) is 0 Å². The second kappa shape index (κ2) is 5.09. The van der Waals surface area contributed by atoms with E-state index >= 15 is 0 Å². The zero-order valence-electron chi connectivity index (χ0n) is 12.3. The van der Waals surface area contributed by atoms with Gasteiger partial charge in [0.15, 0.2) is 0 Å². The normalized spacial score (nSPS) is 27.1. The number of aromatic nitrogens is 2. The van der Waals surface area contributed by atoms with Gasteiger partial charge in [-0.15, -0.1) is 0 Å². The minimum absolute atomic E-state index is 0.0857. The number of hydrogen-bond donors (Lipinski definition) is 0. The summed E-state index contributed by atoms with van der Waals surface area (Å²) in [7, 11) is 3.56. The molecule has 110 valence electrons. The second-order valence-corrected chi connectivity index (χ2v) is 5.50. The van der Waals surface area contributed by atoms with Gasteiger partial charge >= 0.3 is 5.97 Å². The minimum Gasteiger partial charge on any atom is -0.481 e. The molecule has 0 aliphatic carbocycles. The van der Waals surface area contributed by atoms with Crippen LogP contribution in [0.15, 0.2) is 0 Å². The summed E-state index contributed by atoms with van der Waals surface area (Å²) in [5.74, 6) is 0.711. The topological polar surface area (TPSA) is 56.6 Å². The van der Waals surface area contributed by atoms with Gasteiger partial charge in [-0.3, -0.25) is 9.69 Å². The highest BCUT2D eigenvalue weighted by atomic mass is 16.5. The van der Waals surface area contributed by atoms with Crippen LogP contribution in [0.25, 0.3) is 0 Å². The van der Waals surface area contributed by atoms with E-state index in [0.29, 0.717) is 6.61 Å². The molecule has 6 nitrogen and oxygen atoms in total. The molecule has 3 rings (SSSR count). The summed E-state index contributed by atoms with van der Waals surface area (Å²) < 4.78 is 12.4. The average molecular weight is 279 g/mol. The van der Waals surface area contributed by atoms with Crippen molar-refractivity contribution < 1.29 is 14.3 Å². The lowest BCUT2D eigenvalue weighted by atomic mass is 10.0. The number of rotatable bonds is 3. The number of nitrogens with zero attached hydrogens (tertiary/aromatic N) is 3. The first-order valence-corrected chi connectivity index (χ1v) is 7.13. The van der Waals surface area contributed by atoms with Crippen LogP contribution in [0.2, 0.25) is 0 Å². The quantitative estimate of drug-likeness (QED) is 0.778. The fourth-order valence-corrected chi connectivity index (χ4v) is 3.54. The molecule has 0 saturated carbocycles. The molecule has 2 aliphatic heterocycles. The van der Waals surface area contributed by atoms with E-state index in [9.17, 15) is 4.79 Å².